The summed E-state index contributed by atoms with van der Waals surface area (Å²) in [6.45, 7) is 0. The lowest BCUT2D eigenvalue weighted by molar-refractivity contribution is -0.122. The lowest BCUT2D eigenvalue weighted by atomic mass is 10.0. The molecule has 0 aliphatic carbocycles. The zero-order chi connectivity index (χ0) is 25.1. The van der Waals surface area contributed by atoms with Gasteiger partial charge in [-0.25, -0.2) is 4.39 Å². The lowest BCUT2D eigenvalue weighted by Crippen LogP contribution is -2.54. The molecule has 1 saturated heterocycles. The average Bonchev–Trinajstić information content (AvgIpc) is 2.89. The Hall–Kier alpha value is -4.62. The Morgan fingerprint density at radius 1 is 0.750 bits per heavy atom. The molecule has 0 saturated carbocycles. The second-order valence-corrected chi connectivity index (χ2v) is 8.38. The first-order valence-corrected chi connectivity index (χ1v) is 11.5. The minimum atomic E-state index is -0.562. The number of hydrogen-bond donors (Lipinski definition) is 1. The molecule has 1 fully saturated rings. The molecule has 0 unspecified atom stereocenters. The fraction of sp³-hybridized carbons (Fsp3) is 0. The van der Waals surface area contributed by atoms with Gasteiger partial charge in [0.2, 0.25) is 0 Å². The van der Waals surface area contributed by atoms with Crippen LogP contribution in [0.15, 0.2) is 109 Å². The Bertz CT molecular complexity index is 1470. The highest BCUT2D eigenvalue weighted by Crippen LogP contribution is 2.27. The number of hydrogen-bond acceptors (Lipinski definition) is 4. The van der Waals surface area contributed by atoms with E-state index < -0.39 is 11.8 Å². The van der Waals surface area contributed by atoms with Gasteiger partial charge in [-0.2, -0.15) is 0 Å². The number of halogens is 1. The Balaban J connectivity index is 1.37. The zero-order valence-corrected chi connectivity index (χ0v) is 19.7. The maximum absolute atomic E-state index is 13.3. The monoisotopic (exact) mass is 494 g/mol. The molecule has 36 heavy (non-hydrogen) atoms. The van der Waals surface area contributed by atoms with Crippen LogP contribution < -0.4 is 15.0 Å². The lowest BCUT2D eigenvalue weighted by Gasteiger charge is -2.29. The van der Waals surface area contributed by atoms with Crippen molar-refractivity contribution in [2.45, 2.75) is 0 Å². The van der Waals surface area contributed by atoms with Crippen LogP contribution in [0.25, 0.3) is 17.2 Å². The van der Waals surface area contributed by atoms with Crippen LogP contribution >= 0.6 is 12.2 Å². The first-order chi connectivity index (χ1) is 17.5. The quantitative estimate of drug-likeness (QED) is 0.206. The van der Waals surface area contributed by atoms with E-state index in [0.29, 0.717) is 22.7 Å². The highest BCUT2D eigenvalue weighted by Gasteiger charge is 2.34. The molecule has 0 bridgehead atoms. The minimum Gasteiger partial charge on any atom is -0.457 e. The molecule has 1 aliphatic rings. The Morgan fingerprint density at radius 2 is 1.33 bits per heavy atom. The van der Waals surface area contributed by atoms with Gasteiger partial charge in [0.15, 0.2) is 5.11 Å². The van der Waals surface area contributed by atoms with E-state index in [9.17, 15) is 14.0 Å². The van der Waals surface area contributed by atoms with Gasteiger partial charge < -0.3 is 4.74 Å². The third-order valence-electron chi connectivity index (χ3n) is 5.57. The normalized spacial score (nSPS) is 14.6. The molecule has 0 spiro atoms. The largest absolute Gasteiger partial charge is 0.457 e. The van der Waals surface area contributed by atoms with Crippen molar-refractivity contribution in [1.29, 1.82) is 0 Å². The second kappa shape index (κ2) is 9.93. The fourth-order valence-electron chi connectivity index (χ4n) is 3.76. The third kappa shape index (κ3) is 4.92. The van der Waals surface area contributed by atoms with Crippen molar-refractivity contribution in [3.8, 4) is 22.6 Å². The maximum Gasteiger partial charge on any atom is 0.270 e. The van der Waals surface area contributed by atoms with Gasteiger partial charge in [-0.15, -0.1) is 0 Å². The fourth-order valence-corrected chi connectivity index (χ4v) is 4.04. The first kappa shape index (κ1) is 23.1. The van der Waals surface area contributed by atoms with Gasteiger partial charge in [0.05, 0.1) is 5.69 Å². The Morgan fingerprint density at radius 3 is 1.97 bits per heavy atom. The van der Waals surface area contributed by atoms with E-state index >= 15 is 0 Å². The van der Waals surface area contributed by atoms with Crippen LogP contribution in [0.3, 0.4) is 0 Å². The molecule has 0 radical (unpaired) electrons. The van der Waals surface area contributed by atoms with Crippen LogP contribution in [0, 0.1) is 5.82 Å². The van der Waals surface area contributed by atoms with E-state index in [1.807, 2.05) is 42.5 Å². The minimum absolute atomic E-state index is 0.00513. The average molecular weight is 495 g/mol. The van der Waals surface area contributed by atoms with Crippen LogP contribution in [0.5, 0.6) is 11.5 Å². The summed E-state index contributed by atoms with van der Waals surface area (Å²) >= 11 is 5.29. The summed E-state index contributed by atoms with van der Waals surface area (Å²) in [5, 5.41) is 2.59. The topological polar surface area (TPSA) is 58.6 Å². The van der Waals surface area contributed by atoms with Crippen LogP contribution in [-0.4, -0.2) is 16.9 Å². The third-order valence-corrected chi connectivity index (χ3v) is 5.86. The molecule has 4 aromatic rings. The van der Waals surface area contributed by atoms with Crippen molar-refractivity contribution < 1.29 is 18.7 Å². The number of benzene rings is 4. The molecule has 1 aliphatic heterocycles. The van der Waals surface area contributed by atoms with E-state index in [1.165, 1.54) is 23.1 Å². The molecule has 5 nitrogen and oxygen atoms in total. The van der Waals surface area contributed by atoms with E-state index in [-0.39, 0.29) is 16.5 Å². The molecule has 1 heterocycles. The van der Waals surface area contributed by atoms with Gasteiger partial charge >= 0.3 is 0 Å². The van der Waals surface area contributed by atoms with E-state index in [2.05, 4.69) is 5.32 Å². The molecular formula is C29H19FN2O3S. The van der Waals surface area contributed by atoms with Crippen LogP contribution in [0.2, 0.25) is 0 Å². The SMILES string of the molecule is O=C1NC(=S)N(c2ccc(Oc3ccccc3)cc2)C(=O)/C1=C/c1ccc(-c2ccc(F)cc2)cc1. The van der Waals surface area contributed by atoms with E-state index in [0.717, 1.165) is 11.1 Å². The number of ether oxygens (including phenoxy) is 1. The predicted molar refractivity (Wildman–Crippen MR) is 141 cm³/mol. The number of carbonyl (C=O) groups excluding carboxylic acids is 2. The van der Waals surface area contributed by atoms with Gasteiger partial charge in [-0.05, 0) is 83.5 Å². The van der Waals surface area contributed by atoms with Crippen molar-refractivity contribution in [2.24, 2.45) is 0 Å². The first-order valence-electron chi connectivity index (χ1n) is 11.1. The molecule has 0 aromatic heterocycles. The predicted octanol–water partition coefficient (Wildman–Crippen LogP) is 6.12. The summed E-state index contributed by atoms with van der Waals surface area (Å²) in [5.41, 5.74) is 2.87. The molecule has 176 valence electrons. The molecule has 4 aromatic carbocycles. The van der Waals surface area contributed by atoms with Crippen molar-refractivity contribution in [2.75, 3.05) is 4.90 Å². The van der Waals surface area contributed by atoms with Gasteiger partial charge in [0.1, 0.15) is 22.9 Å². The van der Waals surface area contributed by atoms with Crippen LogP contribution in [-0.2, 0) is 9.59 Å². The number of nitrogens with one attached hydrogen (secondary N) is 1. The van der Waals surface area contributed by atoms with E-state index in [4.69, 9.17) is 17.0 Å². The zero-order valence-electron chi connectivity index (χ0n) is 18.9. The Kier molecular flexibility index (Phi) is 6.38. The van der Waals surface area contributed by atoms with Gasteiger partial charge in [-0.1, -0.05) is 54.6 Å². The number of carbonyl (C=O) groups is 2. The second-order valence-electron chi connectivity index (χ2n) is 8.00. The molecule has 1 N–H and O–H groups in total. The smallest absolute Gasteiger partial charge is 0.270 e. The van der Waals surface area contributed by atoms with Crippen molar-refractivity contribution >= 4 is 40.9 Å². The van der Waals surface area contributed by atoms with Crippen LogP contribution in [0.1, 0.15) is 5.56 Å². The van der Waals surface area contributed by atoms with Crippen LogP contribution in [0.4, 0.5) is 10.1 Å². The molecule has 0 atom stereocenters. The summed E-state index contributed by atoms with van der Waals surface area (Å²) in [5.74, 6) is -0.0992. The van der Waals surface area contributed by atoms with Crippen molar-refractivity contribution in [1.82, 2.24) is 5.32 Å². The number of rotatable bonds is 5. The summed E-state index contributed by atoms with van der Waals surface area (Å²) in [4.78, 5) is 27.2. The van der Waals surface area contributed by atoms with Gasteiger partial charge in [0, 0.05) is 0 Å². The summed E-state index contributed by atoms with van der Waals surface area (Å²) in [6, 6.07) is 29.7. The van der Waals surface area contributed by atoms with Gasteiger partial charge in [-0.3, -0.25) is 19.8 Å². The standard InChI is InChI=1S/C29H19FN2O3S/c30-22-12-10-21(11-13-22)20-8-6-19(7-9-20)18-26-27(33)31-29(36)32(28(26)34)23-14-16-25(17-15-23)35-24-4-2-1-3-5-24/h1-18H,(H,31,33,36)/b26-18+. The van der Waals surface area contributed by atoms with Crippen molar-refractivity contribution in [3.05, 3.63) is 120 Å². The molecule has 7 heteroatoms. The maximum atomic E-state index is 13.3. The number of thiocarbonyl (C=S) groups is 1. The summed E-state index contributed by atoms with van der Waals surface area (Å²) in [6.07, 6.45) is 1.52. The Labute approximate surface area is 212 Å². The summed E-state index contributed by atoms with van der Waals surface area (Å²) in [7, 11) is 0. The molecular weight excluding hydrogens is 475 g/mol. The number of nitrogens with zero attached hydrogens (tertiary/aromatic N) is 1. The number of anilines is 1. The highest BCUT2D eigenvalue weighted by molar-refractivity contribution is 7.80. The molecule has 2 amide bonds. The molecule has 5 rings (SSSR count). The van der Waals surface area contributed by atoms with Crippen molar-refractivity contribution in [3.63, 3.8) is 0 Å². The number of amides is 2. The number of para-hydroxylation sites is 1. The highest BCUT2D eigenvalue weighted by atomic mass is 32.1. The van der Waals surface area contributed by atoms with E-state index in [1.54, 1.807) is 48.5 Å². The summed E-state index contributed by atoms with van der Waals surface area (Å²) < 4.78 is 19.0. The van der Waals surface area contributed by atoms with Gasteiger partial charge in [0.25, 0.3) is 11.8 Å².